The SMILES string of the molecule is CC(CN)CN1CC(=O)N(C)C1=O. The van der Waals surface area contributed by atoms with Gasteiger partial charge in [-0.1, -0.05) is 6.92 Å². The Morgan fingerprint density at radius 2 is 2.15 bits per heavy atom. The van der Waals surface area contributed by atoms with E-state index in [1.165, 1.54) is 11.9 Å². The zero-order chi connectivity index (χ0) is 10.0. The molecule has 1 atom stereocenters. The number of urea groups is 1. The second-order valence-corrected chi connectivity index (χ2v) is 3.46. The number of likely N-dealkylation sites (N-methyl/N-ethyl adjacent to an activating group) is 1. The Morgan fingerprint density at radius 1 is 1.54 bits per heavy atom. The molecule has 3 amide bonds. The van der Waals surface area contributed by atoms with Crippen LogP contribution in [0.25, 0.3) is 0 Å². The Morgan fingerprint density at radius 3 is 2.54 bits per heavy atom. The largest absolute Gasteiger partial charge is 0.330 e. The third-order valence-electron chi connectivity index (χ3n) is 2.19. The molecule has 0 radical (unpaired) electrons. The summed E-state index contributed by atoms with van der Waals surface area (Å²) in [5.74, 6) is 0.0949. The molecule has 1 rings (SSSR count). The van der Waals surface area contributed by atoms with E-state index < -0.39 is 0 Å². The minimum absolute atomic E-state index is 0.144. The summed E-state index contributed by atoms with van der Waals surface area (Å²) in [6.45, 7) is 3.24. The van der Waals surface area contributed by atoms with E-state index >= 15 is 0 Å². The average Bonchev–Trinajstić information content (AvgIpc) is 2.34. The summed E-state index contributed by atoms with van der Waals surface area (Å²) in [5, 5.41) is 0. The van der Waals surface area contributed by atoms with E-state index in [9.17, 15) is 9.59 Å². The van der Waals surface area contributed by atoms with Gasteiger partial charge in [-0.2, -0.15) is 0 Å². The average molecular weight is 185 g/mol. The monoisotopic (exact) mass is 185 g/mol. The molecule has 5 nitrogen and oxygen atoms in total. The van der Waals surface area contributed by atoms with Crippen LogP contribution < -0.4 is 5.73 Å². The van der Waals surface area contributed by atoms with E-state index in [-0.39, 0.29) is 24.4 Å². The molecule has 74 valence electrons. The highest BCUT2D eigenvalue weighted by molar-refractivity contribution is 6.01. The van der Waals surface area contributed by atoms with Gasteiger partial charge < -0.3 is 10.6 Å². The van der Waals surface area contributed by atoms with Crippen molar-refractivity contribution in [3.8, 4) is 0 Å². The van der Waals surface area contributed by atoms with Gasteiger partial charge in [0.1, 0.15) is 6.54 Å². The van der Waals surface area contributed by atoms with E-state index in [1.54, 1.807) is 0 Å². The molecule has 0 bridgehead atoms. The first-order chi connectivity index (χ1) is 6.06. The van der Waals surface area contributed by atoms with Crippen molar-refractivity contribution >= 4 is 11.9 Å². The molecule has 0 aromatic carbocycles. The Kier molecular flexibility index (Phi) is 2.87. The normalized spacial score (nSPS) is 19.9. The molecule has 1 fully saturated rings. The van der Waals surface area contributed by atoms with Crippen molar-refractivity contribution in [2.24, 2.45) is 11.7 Å². The summed E-state index contributed by atoms with van der Waals surface area (Å²) in [5.41, 5.74) is 5.43. The highest BCUT2D eigenvalue weighted by Crippen LogP contribution is 2.09. The van der Waals surface area contributed by atoms with Gasteiger partial charge in [0.25, 0.3) is 0 Å². The lowest BCUT2D eigenvalue weighted by molar-refractivity contribution is -0.124. The quantitative estimate of drug-likeness (QED) is 0.601. The molecule has 2 N–H and O–H groups in total. The van der Waals surface area contributed by atoms with Gasteiger partial charge in [0.15, 0.2) is 0 Å². The summed E-state index contributed by atoms with van der Waals surface area (Å²) >= 11 is 0. The molecule has 5 heteroatoms. The zero-order valence-corrected chi connectivity index (χ0v) is 7.99. The third kappa shape index (κ3) is 1.98. The van der Waals surface area contributed by atoms with Crippen LogP contribution in [0, 0.1) is 5.92 Å². The number of hydrogen-bond donors (Lipinski definition) is 1. The topological polar surface area (TPSA) is 66.6 Å². The molecule has 0 aromatic heterocycles. The molecule has 1 heterocycles. The van der Waals surface area contributed by atoms with Crippen LogP contribution in [-0.2, 0) is 4.79 Å². The number of carbonyl (C=O) groups is 2. The first-order valence-electron chi connectivity index (χ1n) is 4.31. The Bertz CT molecular complexity index is 229. The van der Waals surface area contributed by atoms with E-state index in [0.29, 0.717) is 13.1 Å². The van der Waals surface area contributed by atoms with Crippen LogP contribution in [0.15, 0.2) is 0 Å². The summed E-state index contributed by atoms with van der Waals surface area (Å²) in [6, 6.07) is -0.217. The van der Waals surface area contributed by atoms with Crippen molar-refractivity contribution in [1.82, 2.24) is 9.80 Å². The third-order valence-corrected chi connectivity index (χ3v) is 2.19. The van der Waals surface area contributed by atoms with Gasteiger partial charge in [-0.15, -0.1) is 0 Å². The fourth-order valence-corrected chi connectivity index (χ4v) is 1.25. The lowest BCUT2D eigenvalue weighted by Gasteiger charge is -2.18. The molecule has 0 aromatic rings. The predicted octanol–water partition coefficient (Wildman–Crippen LogP) is -0.525. The fraction of sp³-hybridized carbons (Fsp3) is 0.750. The number of nitrogens with zero attached hydrogens (tertiary/aromatic N) is 2. The van der Waals surface area contributed by atoms with Crippen LogP contribution in [0.5, 0.6) is 0 Å². The predicted molar refractivity (Wildman–Crippen MR) is 48.0 cm³/mol. The van der Waals surface area contributed by atoms with E-state index in [1.807, 2.05) is 6.92 Å². The highest BCUT2D eigenvalue weighted by atomic mass is 16.2. The standard InChI is InChI=1S/C8H15N3O2/c1-6(3-9)4-11-5-7(12)10(2)8(11)13/h6H,3-5,9H2,1-2H3. The maximum atomic E-state index is 11.4. The van der Waals surface area contributed by atoms with Crippen molar-refractivity contribution in [3.63, 3.8) is 0 Å². The minimum atomic E-state index is -0.217. The molecule has 1 aliphatic heterocycles. The molecule has 1 saturated heterocycles. The lowest BCUT2D eigenvalue weighted by Crippen LogP contribution is -2.34. The van der Waals surface area contributed by atoms with Crippen LogP contribution in [0.4, 0.5) is 4.79 Å². The highest BCUT2D eigenvalue weighted by Gasteiger charge is 2.33. The molecule has 0 aliphatic carbocycles. The van der Waals surface area contributed by atoms with Crippen molar-refractivity contribution in [2.45, 2.75) is 6.92 Å². The summed E-state index contributed by atoms with van der Waals surface area (Å²) < 4.78 is 0. The van der Waals surface area contributed by atoms with Gasteiger partial charge in [0.2, 0.25) is 5.91 Å². The van der Waals surface area contributed by atoms with Crippen molar-refractivity contribution in [3.05, 3.63) is 0 Å². The Balaban J connectivity index is 2.54. The van der Waals surface area contributed by atoms with Crippen molar-refractivity contribution in [1.29, 1.82) is 0 Å². The smallest absolute Gasteiger partial charge is 0.326 e. The maximum Gasteiger partial charge on any atom is 0.326 e. The molecule has 13 heavy (non-hydrogen) atoms. The Hall–Kier alpha value is -1.10. The number of imide groups is 1. The second-order valence-electron chi connectivity index (χ2n) is 3.46. The number of amides is 3. The van der Waals surface area contributed by atoms with Gasteiger partial charge in [-0.25, -0.2) is 4.79 Å². The summed E-state index contributed by atoms with van der Waals surface area (Å²) in [4.78, 5) is 25.1. The molecular formula is C8H15N3O2. The molecular weight excluding hydrogens is 170 g/mol. The number of carbonyl (C=O) groups excluding carboxylic acids is 2. The fourth-order valence-electron chi connectivity index (χ4n) is 1.25. The summed E-state index contributed by atoms with van der Waals surface area (Å²) in [7, 11) is 1.50. The molecule has 0 saturated carbocycles. The van der Waals surface area contributed by atoms with Crippen LogP contribution in [0.3, 0.4) is 0 Å². The van der Waals surface area contributed by atoms with Gasteiger partial charge in [-0.05, 0) is 12.5 Å². The van der Waals surface area contributed by atoms with Gasteiger partial charge in [0.05, 0.1) is 0 Å². The summed E-state index contributed by atoms with van der Waals surface area (Å²) in [6.07, 6.45) is 0. The zero-order valence-electron chi connectivity index (χ0n) is 7.99. The van der Waals surface area contributed by atoms with Crippen LogP contribution in [0.1, 0.15) is 6.92 Å². The van der Waals surface area contributed by atoms with Gasteiger partial charge in [-0.3, -0.25) is 9.69 Å². The number of nitrogens with two attached hydrogens (primary N) is 1. The Labute approximate surface area is 77.5 Å². The van der Waals surface area contributed by atoms with Crippen LogP contribution in [-0.4, -0.2) is 48.4 Å². The van der Waals surface area contributed by atoms with Gasteiger partial charge in [0, 0.05) is 13.6 Å². The second kappa shape index (κ2) is 3.74. The van der Waals surface area contributed by atoms with Crippen molar-refractivity contribution in [2.75, 3.05) is 26.7 Å². The van der Waals surface area contributed by atoms with E-state index in [2.05, 4.69) is 0 Å². The first kappa shape index (κ1) is 9.98. The number of hydrogen-bond acceptors (Lipinski definition) is 3. The molecule has 1 aliphatic rings. The minimum Gasteiger partial charge on any atom is -0.330 e. The molecule has 1 unspecified atom stereocenters. The maximum absolute atomic E-state index is 11.4. The lowest BCUT2D eigenvalue weighted by atomic mass is 10.2. The number of rotatable bonds is 3. The van der Waals surface area contributed by atoms with Gasteiger partial charge >= 0.3 is 6.03 Å². The molecule has 0 spiro atoms. The van der Waals surface area contributed by atoms with Crippen LogP contribution >= 0.6 is 0 Å². The van der Waals surface area contributed by atoms with Crippen molar-refractivity contribution < 1.29 is 9.59 Å². The van der Waals surface area contributed by atoms with E-state index in [4.69, 9.17) is 5.73 Å². The van der Waals surface area contributed by atoms with E-state index in [0.717, 1.165) is 4.90 Å². The van der Waals surface area contributed by atoms with Crippen LogP contribution in [0.2, 0.25) is 0 Å². The first-order valence-corrected chi connectivity index (χ1v) is 4.31.